The van der Waals surface area contributed by atoms with Gasteiger partial charge in [-0.3, -0.25) is 9.10 Å². The number of amides is 1. The molecule has 1 saturated carbocycles. The standard InChI is InChI=1S/C24H32N2O3S/c1-19-14-16-22(17-15-19)30(28,29)26(23-13-9-8-10-20(23)2)18-24(27)25-21-11-6-4-3-5-7-12-21/h8-10,13-17,21H,3-7,11-12,18H2,1-2H3,(H,25,27). The van der Waals surface area contributed by atoms with Crippen molar-refractivity contribution in [1.29, 1.82) is 0 Å². The fourth-order valence-corrected chi connectivity index (χ4v) is 5.47. The largest absolute Gasteiger partial charge is 0.352 e. The van der Waals surface area contributed by atoms with Crippen LogP contribution < -0.4 is 9.62 Å². The molecule has 0 heterocycles. The number of carbonyl (C=O) groups is 1. The van der Waals surface area contributed by atoms with Crippen LogP contribution in [0, 0.1) is 13.8 Å². The number of benzene rings is 2. The van der Waals surface area contributed by atoms with E-state index in [2.05, 4.69) is 5.32 Å². The molecule has 30 heavy (non-hydrogen) atoms. The number of carbonyl (C=O) groups excluding carboxylic acids is 1. The van der Waals surface area contributed by atoms with Gasteiger partial charge in [-0.1, -0.05) is 68.0 Å². The lowest BCUT2D eigenvalue weighted by atomic mass is 9.97. The summed E-state index contributed by atoms with van der Waals surface area (Å²) in [7, 11) is -3.87. The molecule has 2 aromatic carbocycles. The molecule has 2 aromatic rings. The van der Waals surface area contributed by atoms with Crippen LogP contribution in [0.3, 0.4) is 0 Å². The lowest BCUT2D eigenvalue weighted by Gasteiger charge is -2.27. The van der Waals surface area contributed by atoms with E-state index < -0.39 is 10.0 Å². The molecule has 0 saturated heterocycles. The van der Waals surface area contributed by atoms with Crippen LogP contribution in [0.2, 0.25) is 0 Å². The van der Waals surface area contributed by atoms with Crippen LogP contribution >= 0.6 is 0 Å². The predicted molar refractivity (Wildman–Crippen MR) is 121 cm³/mol. The molecule has 162 valence electrons. The lowest BCUT2D eigenvalue weighted by Crippen LogP contribution is -2.44. The molecule has 0 unspecified atom stereocenters. The highest BCUT2D eigenvalue weighted by molar-refractivity contribution is 7.92. The highest BCUT2D eigenvalue weighted by atomic mass is 32.2. The summed E-state index contributed by atoms with van der Waals surface area (Å²) in [5, 5.41) is 3.09. The summed E-state index contributed by atoms with van der Waals surface area (Å²) in [5.41, 5.74) is 2.33. The first-order valence-electron chi connectivity index (χ1n) is 10.8. The Bertz CT molecular complexity index is 947. The molecule has 1 aliphatic carbocycles. The minimum atomic E-state index is -3.87. The normalized spacial score (nSPS) is 15.8. The van der Waals surface area contributed by atoms with Crippen LogP contribution in [0.25, 0.3) is 0 Å². The molecule has 0 aliphatic heterocycles. The number of sulfonamides is 1. The Morgan fingerprint density at radius 2 is 1.53 bits per heavy atom. The van der Waals surface area contributed by atoms with Crippen molar-refractivity contribution in [2.45, 2.75) is 69.7 Å². The molecule has 1 amide bonds. The second kappa shape index (κ2) is 10.1. The van der Waals surface area contributed by atoms with Crippen LogP contribution in [0.4, 0.5) is 5.69 Å². The topological polar surface area (TPSA) is 66.5 Å². The van der Waals surface area contributed by atoms with Crippen molar-refractivity contribution < 1.29 is 13.2 Å². The number of nitrogens with one attached hydrogen (secondary N) is 1. The SMILES string of the molecule is Cc1ccc(S(=O)(=O)N(CC(=O)NC2CCCCCCC2)c2ccccc2C)cc1. The molecule has 1 N–H and O–H groups in total. The zero-order chi connectivity index (χ0) is 21.6. The van der Waals surface area contributed by atoms with Gasteiger partial charge in [0, 0.05) is 6.04 Å². The maximum atomic E-state index is 13.5. The molecule has 0 atom stereocenters. The Labute approximate surface area is 180 Å². The summed E-state index contributed by atoms with van der Waals surface area (Å²) in [6, 6.07) is 14.2. The van der Waals surface area contributed by atoms with Crippen LogP contribution in [0.15, 0.2) is 53.4 Å². The maximum absolute atomic E-state index is 13.5. The van der Waals surface area contributed by atoms with Crippen molar-refractivity contribution >= 4 is 21.6 Å². The van der Waals surface area contributed by atoms with Gasteiger partial charge in [0.2, 0.25) is 5.91 Å². The van der Waals surface area contributed by atoms with E-state index in [4.69, 9.17) is 0 Å². The highest BCUT2D eigenvalue weighted by Gasteiger charge is 2.28. The number of hydrogen-bond donors (Lipinski definition) is 1. The van der Waals surface area contributed by atoms with Crippen molar-refractivity contribution in [1.82, 2.24) is 5.32 Å². The molecule has 0 radical (unpaired) electrons. The third kappa shape index (κ3) is 5.63. The summed E-state index contributed by atoms with van der Waals surface area (Å²) >= 11 is 0. The number of hydrogen-bond acceptors (Lipinski definition) is 3. The molecular weight excluding hydrogens is 396 g/mol. The molecule has 0 bridgehead atoms. The molecule has 0 aromatic heterocycles. The first-order chi connectivity index (χ1) is 14.4. The van der Waals surface area contributed by atoms with E-state index >= 15 is 0 Å². The first-order valence-corrected chi connectivity index (χ1v) is 12.3. The Morgan fingerprint density at radius 1 is 0.933 bits per heavy atom. The summed E-state index contributed by atoms with van der Waals surface area (Å²) < 4.78 is 28.2. The average Bonchev–Trinajstić information content (AvgIpc) is 2.69. The molecule has 6 heteroatoms. The van der Waals surface area contributed by atoms with Gasteiger partial charge in [-0.05, 0) is 50.5 Å². The third-order valence-corrected chi connectivity index (χ3v) is 7.52. The molecule has 1 fully saturated rings. The zero-order valence-electron chi connectivity index (χ0n) is 17.9. The van der Waals surface area contributed by atoms with E-state index in [9.17, 15) is 13.2 Å². The van der Waals surface area contributed by atoms with Gasteiger partial charge in [-0.2, -0.15) is 0 Å². The summed E-state index contributed by atoms with van der Waals surface area (Å²) in [4.78, 5) is 13.1. The summed E-state index contributed by atoms with van der Waals surface area (Å²) in [5.74, 6) is -0.250. The van der Waals surface area contributed by atoms with Crippen molar-refractivity contribution in [3.8, 4) is 0 Å². The van der Waals surface area contributed by atoms with Crippen molar-refractivity contribution in [2.24, 2.45) is 0 Å². The van der Waals surface area contributed by atoms with Gasteiger partial charge >= 0.3 is 0 Å². The quantitative estimate of drug-likeness (QED) is 0.723. The second-order valence-corrected chi connectivity index (χ2v) is 10.1. The van der Waals surface area contributed by atoms with Gasteiger partial charge in [0.1, 0.15) is 6.54 Å². The zero-order valence-corrected chi connectivity index (χ0v) is 18.7. The van der Waals surface area contributed by atoms with Crippen molar-refractivity contribution in [3.05, 3.63) is 59.7 Å². The van der Waals surface area contributed by atoms with E-state index in [1.807, 2.05) is 26.0 Å². The molecule has 3 rings (SSSR count). The van der Waals surface area contributed by atoms with Crippen LogP contribution in [-0.4, -0.2) is 26.9 Å². The number of aryl methyl sites for hydroxylation is 2. The summed E-state index contributed by atoms with van der Waals surface area (Å²) in [6.45, 7) is 3.55. The van der Waals surface area contributed by atoms with E-state index in [0.717, 1.165) is 36.8 Å². The number of rotatable bonds is 6. The second-order valence-electron chi connectivity index (χ2n) is 8.22. The van der Waals surface area contributed by atoms with E-state index in [1.54, 1.807) is 36.4 Å². The van der Waals surface area contributed by atoms with Crippen molar-refractivity contribution in [3.63, 3.8) is 0 Å². The number of anilines is 1. The monoisotopic (exact) mass is 428 g/mol. The van der Waals surface area contributed by atoms with Gasteiger partial charge in [-0.15, -0.1) is 0 Å². The highest BCUT2D eigenvalue weighted by Crippen LogP contribution is 2.27. The van der Waals surface area contributed by atoms with Gasteiger partial charge < -0.3 is 5.32 Å². The molecule has 1 aliphatic rings. The first kappa shape index (κ1) is 22.3. The minimum Gasteiger partial charge on any atom is -0.352 e. The van der Waals surface area contributed by atoms with Gasteiger partial charge in [0.05, 0.1) is 10.6 Å². The van der Waals surface area contributed by atoms with E-state index in [0.29, 0.717) is 5.69 Å². The fourth-order valence-electron chi connectivity index (χ4n) is 3.98. The number of para-hydroxylation sites is 1. The molecular formula is C24H32N2O3S. The van der Waals surface area contributed by atoms with E-state index in [1.165, 1.54) is 23.6 Å². The minimum absolute atomic E-state index is 0.124. The predicted octanol–water partition coefficient (Wildman–Crippen LogP) is 4.73. The Morgan fingerprint density at radius 3 is 2.17 bits per heavy atom. The summed E-state index contributed by atoms with van der Waals surface area (Å²) in [6.07, 6.45) is 7.79. The number of nitrogens with zero attached hydrogens (tertiary/aromatic N) is 1. The Balaban J connectivity index is 1.85. The van der Waals surface area contributed by atoms with Crippen LogP contribution in [0.1, 0.15) is 56.1 Å². The molecule has 0 spiro atoms. The van der Waals surface area contributed by atoms with Crippen molar-refractivity contribution in [2.75, 3.05) is 10.8 Å². The Kier molecular flexibility index (Phi) is 7.53. The van der Waals surface area contributed by atoms with Gasteiger partial charge in [0.25, 0.3) is 10.0 Å². The Hall–Kier alpha value is -2.34. The molecule has 5 nitrogen and oxygen atoms in total. The van der Waals surface area contributed by atoms with Gasteiger partial charge in [-0.25, -0.2) is 8.42 Å². The van der Waals surface area contributed by atoms with E-state index in [-0.39, 0.29) is 23.4 Å². The lowest BCUT2D eigenvalue weighted by molar-refractivity contribution is -0.120. The fraction of sp³-hybridized carbons (Fsp3) is 0.458. The third-order valence-electron chi connectivity index (χ3n) is 5.75. The van der Waals surface area contributed by atoms with Gasteiger partial charge in [0.15, 0.2) is 0 Å². The smallest absolute Gasteiger partial charge is 0.264 e. The van der Waals surface area contributed by atoms with Crippen LogP contribution in [0.5, 0.6) is 0 Å². The van der Waals surface area contributed by atoms with Crippen LogP contribution in [-0.2, 0) is 14.8 Å². The maximum Gasteiger partial charge on any atom is 0.264 e. The average molecular weight is 429 g/mol.